The highest BCUT2D eigenvalue weighted by Gasteiger charge is 2.24. The first-order chi connectivity index (χ1) is 22.8. The lowest BCUT2D eigenvalue weighted by Gasteiger charge is -2.21. The molecule has 0 radical (unpaired) electrons. The van der Waals surface area contributed by atoms with Crippen molar-refractivity contribution in [3.63, 3.8) is 0 Å². The molecular weight excluding hydrogens is 607 g/mol. The van der Waals surface area contributed by atoms with Gasteiger partial charge in [0, 0.05) is 6.42 Å². The van der Waals surface area contributed by atoms with Crippen LogP contribution < -0.4 is 5.32 Å². The van der Waals surface area contributed by atoms with Gasteiger partial charge in [0.1, 0.15) is 0 Å². The van der Waals surface area contributed by atoms with Gasteiger partial charge in [-0.1, -0.05) is 136 Å². The Morgan fingerprint density at radius 1 is 0.596 bits per heavy atom. The van der Waals surface area contributed by atoms with Crippen molar-refractivity contribution in [1.82, 2.24) is 5.32 Å². The molecule has 0 aromatic rings. The number of amides is 1. The first-order valence-electron chi connectivity index (χ1n) is 17.6. The highest BCUT2D eigenvalue weighted by Crippen LogP contribution is 2.06. The summed E-state index contributed by atoms with van der Waals surface area (Å²) in [7, 11) is -4.37. The van der Waals surface area contributed by atoms with E-state index in [9.17, 15) is 22.9 Å². The second kappa shape index (κ2) is 32.9. The van der Waals surface area contributed by atoms with Crippen LogP contribution in [0.1, 0.15) is 117 Å². The number of unbranched alkanes of at least 4 members (excludes halogenated alkanes) is 5. The summed E-state index contributed by atoms with van der Waals surface area (Å²) in [6, 6.07) is -1.11. The van der Waals surface area contributed by atoms with E-state index < -0.39 is 28.0 Å². The molecule has 0 saturated carbocycles. The Morgan fingerprint density at radius 3 is 1.51 bits per heavy atom. The molecule has 3 N–H and O–H groups in total. The van der Waals surface area contributed by atoms with E-state index in [1.54, 1.807) is 6.08 Å². The SMILES string of the molecule is CC/C=C\C/C=C\C/C=C\C/C=C\C/C=C\C/C=C\C/C=C\CCCC(=O)NC(CS(=O)(=O)O)C(O)/C=C/CC/C=C/CCCCC. The van der Waals surface area contributed by atoms with E-state index >= 15 is 0 Å². The van der Waals surface area contributed by atoms with Gasteiger partial charge in [-0.2, -0.15) is 8.42 Å². The maximum atomic E-state index is 12.4. The summed E-state index contributed by atoms with van der Waals surface area (Å²) in [6.45, 7) is 4.32. The lowest BCUT2D eigenvalue weighted by Crippen LogP contribution is -2.46. The number of carbonyl (C=O) groups excluding carboxylic acids is 1. The Bertz CT molecular complexity index is 1140. The van der Waals surface area contributed by atoms with Crippen LogP contribution in [0.4, 0.5) is 0 Å². The Morgan fingerprint density at radius 2 is 1.02 bits per heavy atom. The number of hydrogen-bond donors (Lipinski definition) is 3. The van der Waals surface area contributed by atoms with Crippen LogP contribution in [-0.2, 0) is 14.9 Å². The number of aliphatic hydroxyl groups excluding tert-OH is 1. The summed E-state index contributed by atoms with van der Waals surface area (Å²) >= 11 is 0. The van der Waals surface area contributed by atoms with Gasteiger partial charge in [0.05, 0.1) is 17.9 Å². The molecular formula is C40H63NO5S. The average molecular weight is 670 g/mol. The fraction of sp³-hybridized carbons (Fsp3) is 0.525. The van der Waals surface area contributed by atoms with Crippen LogP contribution in [0.25, 0.3) is 0 Å². The average Bonchev–Trinajstić information content (AvgIpc) is 3.03. The lowest BCUT2D eigenvalue weighted by atomic mass is 10.1. The molecule has 0 bridgehead atoms. The maximum absolute atomic E-state index is 12.4. The molecule has 0 aliphatic carbocycles. The number of rotatable bonds is 29. The van der Waals surface area contributed by atoms with E-state index in [0.717, 1.165) is 57.8 Å². The summed E-state index contributed by atoms with van der Waals surface area (Å²) in [5, 5.41) is 13.0. The number of carbonyl (C=O) groups is 1. The Labute approximate surface area is 287 Å². The standard InChI is InChI=1S/C40H63NO5S/c1-3-5-7-9-11-13-14-15-16-17-18-19-20-21-22-23-24-25-26-28-30-32-34-36-40(43)41-38(37-47(44,45)46)39(42)35-33-31-29-27-12-10-8-6-4-2/h5,7,11-13,15-16,18-19,21-22,24-25,27-28,30,33,35,38-39,42H,3-4,6,8-10,14,17,20,23,26,29,31-32,34,36-37H2,1-2H3,(H,41,43)(H,44,45,46)/b7-5-,13-11-,16-15-,19-18-,22-21-,25-24-,27-12+,30-28-,35-33+. The highest BCUT2D eigenvalue weighted by molar-refractivity contribution is 7.85. The minimum absolute atomic E-state index is 0.200. The predicted molar refractivity (Wildman–Crippen MR) is 202 cm³/mol. The zero-order valence-corrected chi connectivity index (χ0v) is 29.9. The fourth-order valence-corrected chi connectivity index (χ4v) is 5.07. The van der Waals surface area contributed by atoms with E-state index in [1.165, 1.54) is 25.3 Å². The normalized spacial score (nSPS) is 14.7. The van der Waals surface area contributed by atoms with Gasteiger partial charge in [-0.3, -0.25) is 9.35 Å². The van der Waals surface area contributed by atoms with Crippen molar-refractivity contribution in [2.24, 2.45) is 0 Å². The maximum Gasteiger partial charge on any atom is 0.267 e. The van der Waals surface area contributed by atoms with Crippen LogP contribution in [-0.4, -0.2) is 41.9 Å². The largest absolute Gasteiger partial charge is 0.387 e. The Kier molecular flexibility index (Phi) is 30.8. The van der Waals surface area contributed by atoms with Crippen LogP contribution >= 0.6 is 0 Å². The van der Waals surface area contributed by atoms with Crippen LogP contribution in [0.2, 0.25) is 0 Å². The zero-order valence-electron chi connectivity index (χ0n) is 29.1. The zero-order chi connectivity index (χ0) is 34.7. The molecule has 2 atom stereocenters. The molecule has 0 aliphatic heterocycles. The minimum Gasteiger partial charge on any atom is -0.387 e. The summed E-state index contributed by atoms with van der Waals surface area (Å²) in [5.74, 6) is -1.10. The van der Waals surface area contributed by atoms with Crippen molar-refractivity contribution >= 4 is 16.0 Å². The Hall–Kier alpha value is -3.00. The molecule has 2 unspecified atom stereocenters. The third kappa shape index (κ3) is 34.2. The van der Waals surface area contributed by atoms with Crippen molar-refractivity contribution < 1.29 is 22.9 Å². The molecule has 0 fully saturated rings. The van der Waals surface area contributed by atoms with E-state index in [1.807, 2.05) is 6.08 Å². The molecule has 0 rings (SSSR count). The van der Waals surface area contributed by atoms with Gasteiger partial charge >= 0.3 is 0 Å². The predicted octanol–water partition coefficient (Wildman–Crippen LogP) is 10.0. The lowest BCUT2D eigenvalue weighted by molar-refractivity contribution is -0.122. The van der Waals surface area contributed by atoms with Crippen molar-refractivity contribution in [2.45, 2.75) is 129 Å². The number of allylic oxidation sites excluding steroid dienone is 17. The smallest absolute Gasteiger partial charge is 0.267 e. The topological polar surface area (TPSA) is 104 Å². The van der Waals surface area contributed by atoms with Crippen LogP contribution in [0, 0.1) is 0 Å². The summed E-state index contributed by atoms with van der Waals surface area (Å²) in [6.07, 6.45) is 50.9. The molecule has 0 heterocycles. The molecule has 0 saturated heterocycles. The monoisotopic (exact) mass is 669 g/mol. The van der Waals surface area contributed by atoms with Gasteiger partial charge in [-0.15, -0.1) is 0 Å². The summed E-state index contributed by atoms with van der Waals surface area (Å²) in [5.41, 5.74) is 0. The molecule has 6 nitrogen and oxygen atoms in total. The minimum atomic E-state index is -4.37. The van der Waals surface area contributed by atoms with Crippen molar-refractivity contribution in [3.8, 4) is 0 Å². The number of nitrogens with one attached hydrogen (secondary N) is 1. The van der Waals surface area contributed by atoms with E-state index in [4.69, 9.17) is 0 Å². The van der Waals surface area contributed by atoms with Crippen LogP contribution in [0.5, 0.6) is 0 Å². The highest BCUT2D eigenvalue weighted by atomic mass is 32.2. The molecule has 0 aromatic carbocycles. The molecule has 0 spiro atoms. The second-order valence-corrected chi connectivity index (χ2v) is 12.9. The molecule has 264 valence electrons. The van der Waals surface area contributed by atoms with Gasteiger partial charge in [0.15, 0.2) is 0 Å². The summed E-state index contributed by atoms with van der Waals surface area (Å²) < 4.78 is 32.2. The van der Waals surface area contributed by atoms with Crippen LogP contribution in [0.3, 0.4) is 0 Å². The molecule has 1 amide bonds. The summed E-state index contributed by atoms with van der Waals surface area (Å²) in [4.78, 5) is 12.4. The third-order valence-electron chi connectivity index (χ3n) is 6.93. The number of hydrogen-bond acceptors (Lipinski definition) is 4. The van der Waals surface area contributed by atoms with Gasteiger partial charge in [-0.05, 0) is 83.5 Å². The van der Waals surface area contributed by atoms with Gasteiger partial charge < -0.3 is 10.4 Å². The number of aliphatic hydroxyl groups is 1. The van der Waals surface area contributed by atoms with Gasteiger partial charge in [-0.25, -0.2) is 0 Å². The quantitative estimate of drug-likeness (QED) is 0.0418. The molecule has 0 aromatic heterocycles. The van der Waals surface area contributed by atoms with Crippen molar-refractivity contribution in [3.05, 3.63) is 109 Å². The van der Waals surface area contributed by atoms with Crippen molar-refractivity contribution in [1.29, 1.82) is 0 Å². The van der Waals surface area contributed by atoms with E-state index in [2.05, 4.69) is 110 Å². The van der Waals surface area contributed by atoms with Crippen LogP contribution in [0.15, 0.2) is 109 Å². The fourth-order valence-electron chi connectivity index (χ4n) is 4.33. The first-order valence-corrected chi connectivity index (χ1v) is 19.2. The van der Waals surface area contributed by atoms with Gasteiger partial charge in [0.2, 0.25) is 5.91 Å². The van der Waals surface area contributed by atoms with Gasteiger partial charge in [0.25, 0.3) is 10.1 Å². The first kappa shape index (κ1) is 44.0. The van der Waals surface area contributed by atoms with Crippen molar-refractivity contribution in [2.75, 3.05) is 5.75 Å². The van der Waals surface area contributed by atoms with E-state index in [-0.39, 0.29) is 12.3 Å². The van der Waals surface area contributed by atoms with E-state index in [0.29, 0.717) is 19.3 Å². The molecule has 0 aliphatic rings. The molecule has 47 heavy (non-hydrogen) atoms. The third-order valence-corrected chi connectivity index (χ3v) is 7.71. The molecule has 7 heteroatoms. The second-order valence-electron chi connectivity index (χ2n) is 11.4. The Balaban J connectivity index is 4.15.